The van der Waals surface area contributed by atoms with Crippen LogP contribution >= 0.6 is 0 Å². The number of rotatable bonds is 5. The number of carbonyl (C=O) groups is 2. The van der Waals surface area contributed by atoms with Crippen molar-refractivity contribution in [3.05, 3.63) is 47.8 Å². The Morgan fingerprint density at radius 2 is 1.88 bits per heavy atom. The van der Waals surface area contributed by atoms with E-state index in [0.29, 0.717) is 43.7 Å². The van der Waals surface area contributed by atoms with E-state index in [1.54, 1.807) is 17.2 Å². The van der Waals surface area contributed by atoms with Gasteiger partial charge in [-0.25, -0.2) is 9.97 Å². The lowest BCUT2D eigenvalue weighted by molar-refractivity contribution is -0.118. The van der Waals surface area contributed by atoms with Crippen LogP contribution in [0.5, 0.6) is 0 Å². The Hall–Kier alpha value is -2.96. The number of nitrogens with zero attached hydrogens (tertiary/aromatic N) is 4. The van der Waals surface area contributed by atoms with Crippen LogP contribution in [0, 0.1) is 0 Å². The first-order valence-corrected chi connectivity index (χ1v) is 8.76. The lowest BCUT2D eigenvalue weighted by Crippen LogP contribution is -2.46. The fourth-order valence-corrected chi connectivity index (χ4v) is 2.96. The number of nitrogens with one attached hydrogen (secondary N) is 1. The fraction of sp³-hybridized carbons (Fsp3) is 0.368. The molecular weight excluding hydrogens is 330 g/mol. The number of anilines is 2. The van der Waals surface area contributed by atoms with Crippen LogP contribution in [0.4, 0.5) is 11.6 Å². The molecule has 1 saturated heterocycles. The van der Waals surface area contributed by atoms with Gasteiger partial charge in [0.2, 0.25) is 12.4 Å². The molecule has 0 saturated carbocycles. The van der Waals surface area contributed by atoms with E-state index in [1.807, 2.05) is 29.2 Å². The molecule has 136 valence electrons. The molecule has 0 unspecified atom stereocenters. The number of carbonyl (C=O) groups excluding carboxylic acids is 2. The summed E-state index contributed by atoms with van der Waals surface area (Å²) in [5, 5.41) is 2.95. The summed E-state index contributed by atoms with van der Waals surface area (Å²) in [6.45, 7) is 6.75. The second-order valence-corrected chi connectivity index (χ2v) is 6.57. The van der Waals surface area contributed by atoms with Crippen molar-refractivity contribution in [2.24, 2.45) is 0 Å². The van der Waals surface area contributed by atoms with Gasteiger partial charge in [0.1, 0.15) is 5.69 Å². The molecule has 1 aliphatic rings. The van der Waals surface area contributed by atoms with Gasteiger partial charge in [0, 0.05) is 38.1 Å². The summed E-state index contributed by atoms with van der Waals surface area (Å²) in [6.07, 6.45) is 2.45. The van der Waals surface area contributed by atoms with E-state index in [2.05, 4.69) is 29.1 Å². The van der Waals surface area contributed by atoms with Crippen LogP contribution in [0.1, 0.15) is 35.8 Å². The maximum atomic E-state index is 12.6. The largest absolute Gasteiger partial charge is 0.342 e. The molecule has 1 N–H and O–H groups in total. The lowest BCUT2D eigenvalue weighted by atomic mass is 10.0. The van der Waals surface area contributed by atoms with Gasteiger partial charge in [-0.05, 0) is 23.6 Å². The minimum atomic E-state index is -0.256. The van der Waals surface area contributed by atoms with Gasteiger partial charge in [-0.1, -0.05) is 32.0 Å². The van der Waals surface area contributed by atoms with Crippen molar-refractivity contribution >= 4 is 24.0 Å². The Morgan fingerprint density at radius 1 is 1.15 bits per heavy atom. The Balaban J connectivity index is 1.74. The third-order valence-electron chi connectivity index (χ3n) is 4.45. The van der Waals surface area contributed by atoms with E-state index in [9.17, 15) is 9.59 Å². The highest BCUT2D eigenvalue weighted by Gasteiger charge is 2.19. The monoisotopic (exact) mass is 353 g/mol. The van der Waals surface area contributed by atoms with Crippen molar-refractivity contribution in [3.8, 4) is 0 Å². The summed E-state index contributed by atoms with van der Waals surface area (Å²) < 4.78 is 0. The fourth-order valence-electron chi connectivity index (χ4n) is 2.96. The Morgan fingerprint density at radius 3 is 2.58 bits per heavy atom. The normalized spacial score (nSPS) is 14.4. The number of amides is 2. The van der Waals surface area contributed by atoms with Gasteiger partial charge in [0.05, 0.1) is 0 Å². The minimum Gasteiger partial charge on any atom is -0.342 e. The number of para-hydroxylation sites is 1. The van der Waals surface area contributed by atoms with E-state index in [0.717, 1.165) is 17.7 Å². The first-order valence-electron chi connectivity index (χ1n) is 8.76. The SMILES string of the molecule is CC(C)c1ccccc1NC(=O)c1ccnc(N2CCN(C=O)CC2)n1. The standard InChI is InChI=1S/C19H23N5O2/c1-14(2)15-5-3-4-6-16(15)21-18(26)17-7-8-20-19(22-17)24-11-9-23(13-25)10-12-24/h3-8,13-14H,9-12H2,1-2H3,(H,21,26). The van der Waals surface area contributed by atoms with Gasteiger partial charge < -0.3 is 15.1 Å². The Labute approximate surface area is 153 Å². The van der Waals surface area contributed by atoms with Crippen LogP contribution in [0.25, 0.3) is 0 Å². The second-order valence-electron chi connectivity index (χ2n) is 6.57. The summed E-state index contributed by atoms with van der Waals surface area (Å²) in [6, 6.07) is 9.39. The van der Waals surface area contributed by atoms with E-state index in [-0.39, 0.29) is 5.91 Å². The summed E-state index contributed by atoms with van der Waals surface area (Å²) in [4.78, 5) is 35.9. The average Bonchev–Trinajstić information content (AvgIpc) is 2.68. The van der Waals surface area contributed by atoms with Crippen LogP contribution in [0.15, 0.2) is 36.5 Å². The third-order valence-corrected chi connectivity index (χ3v) is 4.45. The van der Waals surface area contributed by atoms with Crippen LogP contribution in [0.3, 0.4) is 0 Å². The molecule has 2 heterocycles. The number of aromatic nitrogens is 2. The molecule has 3 rings (SSSR count). The van der Waals surface area contributed by atoms with Gasteiger partial charge in [0.25, 0.3) is 5.91 Å². The highest BCUT2D eigenvalue weighted by Crippen LogP contribution is 2.24. The number of piperazine rings is 1. The molecule has 2 amide bonds. The van der Waals surface area contributed by atoms with Crippen LogP contribution < -0.4 is 10.2 Å². The van der Waals surface area contributed by atoms with Gasteiger partial charge >= 0.3 is 0 Å². The Bertz CT molecular complexity index is 785. The van der Waals surface area contributed by atoms with E-state index in [1.165, 1.54) is 0 Å². The topological polar surface area (TPSA) is 78.4 Å². The van der Waals surface area contributed by atoms with E-state index >= 15 is 0 Å². The molecule has 1 aromatic carbocycles. The number of benzene rings is 1. The van der Waals surface area contributed by atoms with Crippen LogP contribution in [-0.2, 0) is 4.79 Å². The molecule has 0 atom stereocenters. The number of hydrogen-bond donors (Lipinski definition) is 1. The molecule has 0 spiro atoms. The second kappa shape index (κ2) is 7.95. The molecule has 1 aromatic heterocycles. The van der Waals surface area contributed by atoms with Gasteiger partial charge in [-0.15, -0.1) is 0 Å². The lowest BCUT2D eigenvalue weighted by Gasteiger charge is -2.32. The minimum absolute atomic E-state index is 0.256. The zero-order valence-electron chi connectivity index (χ0n) is 15.1. The molecule has 7 nitrogen and oxygen atoms in total. The van der Waals surface area contributed by atoms with Crippen molar-refractivity contribution in [1.29, 1.82) is 0 Å². The van der Waals surface area contributed by atoms with E-state index in [4.69, 9.17) is 0 Å². The quantitative estimate of drug-likeness (QED) is 0.833. The molecule has 0 bridgehead atoms. The molecule has 7 heteroatoms. The third kappa shape index (κ3) is 3.99. The van der Waals surface area contributed by atoms with Gasteiger partial charge in [0.15, 0.2) is 0 Å². The Kier molecular flexibility index (Phi) is 5.46. The zero-order valence-corrected chi connectivity index (χ0v) is 15.1. The predicted octanol–water partition coefficient (Wildman–Crippen LogP) is 2.13. The summed E-state index contributed by atoms with van der Waals surface area (Å²) >= 11 is 0. The molecule has 26 heavy (non-hydrogen) atoms. The van der Waals surface area contributed by atoms with Crippen molar-refractivity contribution in [2.75, 3.05) is 36.4 Å². The smallest absolute Gasteiger partial charge is 0.274 e. The molecular formula is C19H23N5O2. The van der Waals surface area contributed by atoms with Crippen molar-refractivity contribution in [1.82, 2.24) is 14.9 Å². The van der Waals surface area contributed by atoms with Crippen LogP contribution in [0.2, 0.25) is 0 Å². The highest BCUT2D eigenvalue weighted by atomic mass is 16.2. The predicted molar refractivity (Wildman–Crippen MR) is 100 cm³/mol. The molecule has 0 radical (unpaired) electrons. The molecule has 0 aliphatic carbocycles. The van der Waals surface area contributed by atoms with Gasteiger partial charge in [-0.2, -0.15) is 0 Å². The first-order chi connectivity index (χ1) is 12.6. The number of hydrogen-bond acceptors (Lipinski definition) is 5. The molecule has 1 fully saturated rings. The van der Waals surface area contributed by atoms with Crippen LogP contribution in [-0.4, -0.2) is 53.4 Å². The summed E-state index contributed by atoms with van der Waals surface area (Å²) in [7, 11) is 0. The van der Waals surface area contributed by atoms with Crippen molar-refractivity contribution in [2.45, 2.75) is 19.8 Å². The molecule has 1 aliphatic heterocycles. The van der Waals surface area contributed by atoms with Crippen molar-refractivity contribution in [3.63, 3.8) is 0 Å². The summed E-state index contributed by atoms with van der Waals surface area (Å²) in [5.41, 5.74) is 2.21. The highest BCUT2D eigenvalue weighted by molar-refractivity contribution is 6.03. The summed E-state index contributed by atoms with van der Waals surface area (Å²) in [5.74, 6) is 0.565. The van der Waals surface area contributed by atoms with Gasteiger partial charge in [-0.3, -0.25) is 9.59 Å². The van der Waals surface area contributed by atoms with Crippen molar-refractivity contribution < 1.29 is 9.59 Å². The first kappa shape index (κ1) is 17.8. The maximum Gasteiger partial charge on any atom is 0.274 e. The average molecular weight is 353 g/mol. The zero-order chi connectivity index (χ0) is 18.5. The van der Waals surface area contributed by atoms with E-state index < -0.39 is 0 Å². The maximum absolute atomic E-state index is 12.6. The molecule has 2 aromatic rings.